The smallest absolute Gasteiger partial charge is 0.282 e. The summed E-state index contributed by atoms with van der Waals surface area (Å²) in [6.07, 6.45) is 4.10. The first-order valence-electron chi connectivity index (χ1n) is 6.30. The fraction of sp³-hybridized carbons (Fsp3) is 0.909. The Labute approximate surface area is 103 Å². The summed E-state index contributed by atoms with van der Waals surface area (Å²) in [6, 6.07) is 0.0609. The van der Waals surface area contributed by atoms with Crippen molar-refractivity contribution in [3.05, 3.63) is 0 Å². The fourth-order valence-corrected chi connectivity index (χ4v) is 4.45. The molecule has 98 valence electrons. The summed E-state index contributed by atoms with van der Waals surface area (Å²) in [5.41, 5.74) is 0. The molecule has 17 heavy (non-hydrogen) atoms. The molecule has 0 radical (unpaired) electrons. The molecule has 0 amide bonds. The Morgan fingerprint density at radius 3 is 2.59 bits per heavy atom. The summed E-state index contributed by atoms with van der Waals surface area (Å²) in [7, 11) is -3.42. The molecular formula is C11H20N2O3S. The Kier molecular flexibility index (Phi) is 3.85. The minimum Gasteiger partial charge on any atom is -0.298 e. The molecule has 0 spiro atoms. The molecular weight excluding hydrogens is 240 g/mol. The Hall–Kier alpha value is -0.460. The normalized spacial score (nSPS) is 29.5. The second kappa shape index (κ2) is 5.04. The minimum atomic E-state index is -3.42. The molecule has 0 saturated carbocycles. The Morgan fingerprint density at radius 1 is 1.18 bits per heavy atom. The standard InChI is InChI=1S/C11H20N2O3S/c1-10-5-2-3-8-13(10)17(15,16)12-7-4-6-11(14)9-12/h10H,2-9H2,1H3. The van der Waals surface area contributed by atoms with Gasteiger partial charge in [-0.1, -0.05) is 6.42 Å². The quantitative estimate of drug-likeness (QED) is 0.737. The third-order valence-electron chi connectivity index (χ3n) is 3.58. The molecule has 0 aliphatic carbocycles. The highest BCUT2D eigenvalue weighted by atomic mass is 32.2. The van der Waals surface area contributed by atoms with Gasteiger partial charge in [-0.05, 0) is 26.2 Å². The zero-order valence-corrected chi connectivity index (χ0v) is 11.1. The predicted molar refractivity (Wildman–Crippen MR) is 64.8 cm³/mol. The molecule has 2 saturated heterocycles. The Morgan fingerprint density at radius 2 is 1.94 bits per heavy atom. The molecule has 2 rings (SSSR count). The van der Waals surface area contributed by atoms with Crippen molar-refractivity contribution in [2.75, 3.05) is 19.6 Å². The van der Waals surface area contributed by atoms with Crippen molar-refractivity contribution < 1.29 is 13.2 Å². The van der Waals surface area contributed by atoms with Crippen LogP contribution in [0.4, 0.5) is 0 Å². The SMILES string of the molecule is CC1CCCCN1S(=O)(=O)N1CCCC(=O)C1. The van der Waals surface area contributed by atoms with Crippen LogP contribution >= 0.6 is 0 Å². The average Bonchev–Trinajstić information content (AvgIpc) is 2.29. The van der Waals surface area contributed by atoms with Crippen LogP contribution in [0.1, 0.15) is 39.0 Å². The molecule has 2 fully saturated rings. The van der Waals surface area contributed by atoms with E-state index < -0.39 is 10.2 Å². The number of piperidine rings is 2. The Bertz CT molecular complexity index is 394. The largest absolute Gasteiger partial charge is 0.298 e. The van der Waals surface area contributed by atoms with Crippen molar-refractivity contribution in [3.63, 3.8) is 0 Å². The maximum Gasteiger partial charge on any atom is 0.282 e. The first-order chi connectivity index (χ1) is 8.01. The lowest BCUT2D eigenvalue weighted by Crippen LogP contribution is -2.52. The molecule has 2 heterocycles. The van der Waals surface area contributed by atoms with Gasteiger partial charge in [0, 0.05) is 25.6 Å². The molecule has 1 unspecified atom stereocenters. The summed E-state index contributed by atoms with van der Waals surface area (Å²) < 4.78 is 27.7. The monoisotopic (exact) mass is 260 g/mol. The highest BCUT2D eigenvalue weighted by Gasteiger charge is 2.36. The second-order valence-corrected chi connectivity index (χ2v) is 6.82. The van der Waals surface area contributed by atoms with E-state index in [1.165, 1.54) is 4.31 Å². The number of rotatable bonds is 2. The van der Waals surface area contributed by atoms with Crippen molar-refractivity contribution >= 4 is 16.0 Å². The highest BCUT2D eigenvalue weighted by molar-refractivity contribution is 7.86. The number of Topliss-reactive ketones (excluding diaryl/α,β-unsaturated/α-hetero) is 1. The van der Waals surface area contributed by atoms with Crippen molar-refractivity contribution in [2.45, 2.75) is 45.1 Å². The topological polar surface area (TPSA) is 57.7 Å². The maximum absolute atomic E-state index is 12.4. The van der Waals surface area contributed by atoms with Gasteiger partial charge in [0.2, 0.25) is 0 Å². The molecule has 2 aliphatic rings. The first-order valence-corrected chi connectivity index (χ1v) is 7.70. The van der Waals surface area contributed by atoms with Crippen molar-refractivity contribution in [2.24, 2.45) is 0 Å². The van der Waals surface area contributed by atoms with Gasteiger partial charge in [0.15, 0.2) is 0 Å². The van der Waals surface area contributed by atoms with Gasteiger partial charge in [-0.25, -0.2) is 0 Å². The van der Waals surface area contributed by atoms with Gasteiger partial charge in [0.05, 0.1) is 6.54 Å². The van der Waals surface area contributed by atoms with Crippen LogP contribution in [-0.2, 0) is 15.0 Å². The van der Waals surface area contributed by atoms with E-state index in [1.54, 1.807) is 4.31 Å². The molecule has 0 aromatic heterocycles. The van der Waals surface area contributed by atoms with Crippen LogP contribution in [0.25, 0.3) is 0 Å². The van der Waals surface area contributed by atoms with Crippen molar-refractivity contribution in [1.29, 1.82) is 0 Å². The zero-order chi connectivity index (χ0) is 12.5. The summed E-state index contributed by atoms with van der Waals surface area (Å²) in [5, 5.41) is 0. The fourth-order valence-electron chi connectivity index (χ4n) is 2.57. The number of hydrogen-bond acceptors (Lipinski definition) is 3. The van der Waals surface area contributed by atoms with Gasteiger partial charge in [-0.15, -0.1) is 0 Å². The van der Waals surface area contributed by atoms with E-state index >= 15 is 0 Å². The van der Waals surface area contributed by atoms with E-state index in [0.717, 1.165) is 19.3 Å². The van der Waals surface area contributed by atoms with Crippen molar-refractivity contribution in [1.82, 2.24) is 8.61 Å². The molecule has 0 aromatic rings. The number of carbonyl (C=O) groups is 1. The van der Waals surface area contributed by atoms with Crippen LogP contribution in [0.2, 0.25) is 0 Å². The Balaban J connectivity index is 2.14. The molecule has 5 nitrogen and oxygen atoms in total. The highest BCUT2D eigenvalue weighted by Crippen LogP contribution is 2.23. The van der Waals surface area contributed by atoms with Crippen LogP contribution < -0.4 is 0 Å². The number of hydrogen-bond donors (Lipinski definition) is 0. The maximum atomic E-state index is 12.4. The van der Waals surface area contributed by atoms with Crippen LogP contribution in [0.3, 0.4) is 0 Å². The van der Waals surface area contributed by atoms with Crippen LogP contribution in [0.5, 0.6) is 0 Å². The van der Waals surface area contributed by atoms with Gasteiger partial charge in [-0.2, -0.15) is 17.0 Å². The second-order valence-electron chi connectivity index (χ2n) is 4.94. The van der Waals surface area contributed by atoms with Gasteiger partial charge >= 0.3 is 0 Å². The van der Waals surface area contributed by atoms with E-state index in [2.05, 4.69) is 0 Å². The molecule has 6 heteroatoms. The van der Waals surface area contributed by atoms with E-state index in [1.807, 2.05) is 6.92 Å². The lowest BCUT2D eigenvalue weighted by Gasteiger charge is -2.37. The lowest BCUT2D eigenvalue weighted by molar-refractivity contribution is -0.120. The van der Waals surface area contributed by atoms with Gasteiger partial charge < -0.3 is 0 Å². The average molecular weight is 260 g/mol. The van der Waals surface area contributed by atoms with Gasteiger partial charge in [0.25, 0.3) is 10.2 Å². The molecule has 0 N–H and O–H groups in total. The van der Waals surface area contributed by atoms with E-state index in [4.69, 9.17) is 0 Å². The van der Waals surface area contributed by atoms with Crippen LogP contribution in [-0.4, -0.2) is 48.5 Å². The zero-order valence-electron chi connectivity index (χ0n) is 10.3. The first kappa shape index (κ1) is 13.0. The molecule has 0 bridgehead atoms. The van der Waals surface area contributed by atoms with Gasteiger partial charge in [0.1, 0.15) is 5.78 Å². The third-order valence-corrected chi connectivity index (χ3v) is 5.68. The number of carbonyl (C=O) groups excluding carboxylic acids is 1. The lowest BCUT2D eigenvalue weighted by atomic mass is 10.1. The molecule has 2 aliphatic heterocycles. The van der Waals surface area contributed by atoms with Crippen LogP contribution in [0, 0.1) is 0 Å². The minimum absolute atomic E-state index is 0.0319. The van der Waals surface area contributed by atoms with E-state index in [9.17, 15) is 13.2 Å². The summed E-state index contributed by atoms with van der Waals surface area (Å²) in [6.45, 7) is 3.08. The van der Waals surface area contributed by atoms with Crippen molar-refractivity contribution in [3.8, 4) is 0 Å². The van der Waals surface area contributed by atoms with Crippen LogP contribution in [0.15, 0.2) is 0 Å². The van der Waals surface area contributed by atoms with E-state index in [-0.39, 0.29) is 18.4 Å². The molecule has 0 aromatic carbocycles. The number of ketones is 1. The summed E-state index contributed by atoms with van der Waals surface area (Å²) in [4.78, 5) is 11.4. The van der Waals surface area contributed by atoms with Gasteiger partial charge in [-0.3, -0.25) is 4.79 Å². The molecule has 1 atom stereocenters. The third kappa shape index (κ3) is 2.69. The number of nitrogens with zero attached hydrogens (tertiary/aromatic N) is 2. The summed E-state index contributed by atoms with van der Waals surface area (Å²) in [5.74, 6) is 0.0319. The summed E-state index contributed by atoms with van der Waals surface area (Å²) >= 11 is 0. The predicted octanol–water partition coefficient (Wildman–Crippen LogP) is 0.770. The van der Waals surface area contributed by atoms with E-state index in [0.29, 0.717) is 25.9 Å².